The van der Waals surface area contributed by atoms with Crippen LogP contribution in [-0.2, 0) is 6.42 Å². The quantitative estimate of drug-likeness (QED) is 0.747. The number of fused-ring (bicyclic) bond motifs is 2. The first kappa shape index (κ1) is 18.1. The molecule has 148 valence electrons. The molecule has 4 nitrogen and oxygen atoms in total. The fourth-order valence-corrected chi connectivity index (χ4v) is 5.00. The van der Waals surface area contributed by atoms with Crippen LogP contribution in [0.5, 0.6) is 11.5 Å². The van der Waals surface area contributed by atoms with Crippen LogP contribution in [0.25, 0.3) is 0 Å². The van der Waals surface area contributed by atoms with E-state index in [-0.39, 0.29) is 0 Å². The van der Waals surface area contributed by atoms with Crippen LogP contribution in [0.15, 0.2) is 36.4 Å². The highest BCUT2D eigenvalue weighted by Gasteiger charge is 2.28. The van der Waals surface area contributed by atoms with Gasteiger partial charge in [0.2, 0.25) is 0 Å². The Morgan fingerprint density at radius 3 is 2.68 bits per heavy atom. The van der Waals surface area contributed by atoms with Gasteiger partial charge in [-0.3, -0.25) is 4.90 Å². The third kappa shape index (κ3) is 3.44. The number of hydrogen-bond acceptors (Lipinski definition) is 4. The van der Waals surface area contributed by atoms with Crippen molar-refractivity contribution in [3.63, 3.8) is 0 Å². The number of halogens is 1. The van der Waals surface area contributed by atoms with Crippen molar-refractivity contribution < 1.29 is 9.47 Å². The maximum absolute atomic E-state index is 6.27. The predicted molar refractivity (Wildman–Crippen MR) is 113 cm³/mol. The van der Waals surface area contributed by atoms with Crippen LogP contribution in [0.3, 0.4) is 0 Å². The van der Waals surface area contributed by atoms with E-state index < -0.39 is 0 Å². The van der Waals surface area contributed by atoms with Crippen LogP contribution in [-0.4, -0.2) is 50.8 Å². The molecule has 5 heteroatoms. The Morgan fingerprint density at radius 1 is 0.964 bits per heavy atom. The van der Waals surface area contributed by atoms with E-state index in [2.05, 4.69) is 34.1 Å². The Hall–Kier alpha value is -1.91. The molecule has 2 aromatic carbocycles. The standard InChI is InChI=1S/C23H27ClN2O2/c24-20-6-1-5-18-17(16-19(18)20)4-3-9-25-10-12-26(13-11-25)21-7-2-8-22-23(21)28-15-14-27-22/h1-2,5-8,17H,3-4,9-16H2. The summed E-state index contributed by atoms with van der Waals surface area (Å²) < 4.78 is 11.6. The van der Waals surface area contributed by atoms with E-state index in [1.54, 1.807) is 0 Å². The van der Waals surface area contributed by atoms with Gasteiger partial charge in [0, 0.05) is 31.2 Å². The molecular weight excluding hydrogens is 372 g/mol. The maximum Gasteiger partial charge on any atom is 0.184 e. The molecule has 2 aromatic rings. The van der Waals surface area contributed by atoms with Crippen molar-refractivity contribution >= 4 is 17.3 Å². The van der Waals surface area contributed by atoms with E-state index >= 15 is 0 Å². The van der Waals surface area contributed by atoms with Crippen LogP contribution < -0.4 is 14.4 Å². The number of nitrogens with zero attached hydrogens (tertiary/aromatic N) is 2. The molecule has 1 saturated heterocycles. The summed E-state index contributed by atoms with van der Waals surface area (Å²) in [5.74, 6) is 2.51. The van der Waals surface area contributed by atoms with Crippen molar-refractivity contribution in [3.05, 3.63) is 52.5 Å². The number of para-hydroxylation sites is 1. The van der Waals surface area contributed by atoms with E-state index in [9.17, 15) is 0 Å². The molecule has 0 spiro atoms. The number of anilines is 1. The second-order valence-corrected chi connectivity index (χ2v) is 8.39. The number of hydrogen-bond donors (Lipinski definition) is 0. The van der Waals surface area contributed by atoms with Gasteiger partial charge in [0.1, 0.15) is 13.2 Å². The molecule has 0 N–H and O–H groups in total. The van der Waals surface area contributed by atoms with Crippen LogP contribution in [0.4, 0.5) is 5.69 Å². The monoisotopic (exact) mass is 398 g/mol. The molecule has 0 bridgehead atoms. The second kappa shape index (κ2) is 7.84. The molecular formula is C23H27ClN2O2. The van der Waals surface area contributed by atoms with Gasteiger partial charge in [0.15, 0.2) is 11.5 Å². The highest BCUT2D eigenvalue weighted by atomic mass is 35.5. The van der Waals surface area contributed by atoms with Crippen LogP contribution in [0.2, 0.25) is 5.02 Å². The first-order chi connectivity index (χ1) is 13.8. The van der Waals surface area contributed by atoms with Crippen LogP contribution >= 0.6 is 11.6 Å². The summed E-state index contributed by atoms with van der Waals surface area (Å²) in [4.78, 5) is 5.04. The highest BCUT2D eigenvalue weighted by molar-refractivity contribution is 6.31. The number of ether oxygens (including phenoxy) is 2. The fraction of sp³-hybridized carbons (Fsp3) is 0.478. The average molecular weight is 399 g/mol. The van der Waals surface area contributed by atoms with Crippen molar-refractivity contribution in [1.29, 1.82) is 0 Å². The minimum Gasteiger partial charge on any atom is -0.486 e. The Bertz CT molecular complexity index is 848. The van der Waals surface area contributed by atoms with Gasteiger partial charge < -0.3 is 14.4 Å². The molecule has 1 aliphatic carbocycles. The maximum atomic E-state index is 6.27. The summed E-state index contributed by atoms with van der Waals surface area (Å²) in [6, 6.07) is 12.6. The van der Waals surface area contributed by atoms with E-state index in [1.807, 2.05) is 12.1 Å². The Kier molecular flexibility index (Phi) is 5.08. The van der Waals surface area contributed by atoms with E-state index in [0.717, 1.165) is 49.1 Å². The normalized spacial score (nSPS) is 21.2. The average Bonchev–Trinajstić information content (AvgIpc) is 2.72. The Balaban J connectivity index is 1.11. The van der Waals surface area contributed by atoms with Crippen LogP contribution in [0.1, 0.15) is 29.9 Å². The first-order valence-corrected chi connectivity index (χ1v) is 10.8. The summed E-state index contributed by atoms with van der Waals surface area (Å²) in [5.41, 5.74) is 4.04. The zero-order chi connectivity index (χ0) is 18.9. The molecule has 1 atom stereocenters. The van der Waals surface area contributed by atoms with Crippen molar-refractivity contribution in [2.75, 3.05) is 50.8 Å². The Morgan fingerprint density at radius 2 is 1.79 bits per heavy atom. The molecule has 0 amide bonds. The predicted octanol–water partition coefficient (Wildman–Crippen LogP) is 4.35. The van der Waals surface area contributed by atoms with Crippen molar-refractivity contribution in [2.24, 2.45) is 0 Å². The smallest absolute Gasteiger partial charge is 0.184 e. The third-order valence-corrected chi connectivity index (χ3v) is 6.68. The summed E-state index contributed by atoms with van der Waals surface area (Å²) >= 11 is 6.27. The summed E-state index contributed by atoms with van der Waals surface area (Å²) in [6.45, 7) is 6.77. The lowest BCUT2D eigenvalue weighted by Crippen LogP contribution is -2.46. The van der Waals surface area contributed by atoms with Gasteiger partial charge in [-0.05, 0) is 61.1 Å². The molecule has 2 heterocycles. The van der Waals surface area contributed by atoms with Gasteiger partial charge in [-0.15, -0.1) is 0 Å². The molecule has 1 unspecified atom stereocenters. The third-order valence-electron chi connectivity index (χ3n) is 6.33. The minimum absolute atomic E-state index is 0.638. The Labute approximate surface area is 172 Å². The molecule has 0 saturated carbocycles. The van der Waals surface area contributed by atoms with Crippen molar-refractivity contribution in [1.82, 2.24) is 4.90 Å². The lowest BCUT2D eigenvalue weighted by atomic mass is 9.75. The van der Waals surface area contributed by atoms with E-state index in [4.69, 9.17) is 21.1 Å². The lowest BCUT2D eigenvalue weighted by Gasteiger charge is -2.38. The summed E-state index contributed by atoms with van der Waals surface area (Å²) in [5, 5.41) is 0.947. The van der Waals surface area contributed by atoms with Crippen LogP contribution in [0, 0.1) is 0 Å². The van der Waals surface area contributed by atoms with Gasteiger partial charge in [-0.1, -0.05) is 29.8 Å². The SMILES string of the molecule is Clc1cccc2c1CC2CCCN1CCN(c2cccc3c2OCCO3)CC1. The molecule has 1 fully saturated rings. The molecule has 0 aromatic heterocycles. The number of benzene rings is 2. The number of rotatable bonds is 5. The molecule has 28 heavy (non-hydrogen) atoms. The largest absolute Gasteiger partial charge is 0.486 e. The number of piperazine rings is 1. The summed E-state index contributed by atoms with van der Waals surface area (Å²) in [7, 11) is 0. The first-order valence-electron chi connectivity index (χ1n) is 10.4. The van der Waals surface area contributed by atoms with Gasteiger partial charge in [-0.25, -0.2) is 0 Å². The van der Waals surface area contributed by atoms with E-state index in [0.29, 0.717) is 19.1 Å². The van der Waals surface area contributed by atoms with Gasteiger partial charge >= 0.3 is 0 Å². The van der Waals surface area contributed by atoms with Crippen molar-refractivity contribution in [3.8, 4) is 11.5 Å². The zero-order valence-electron chi connectivity index (χ0n) is 16.2. The molecule has 5 rings (SSSR count). The topological polar surface area (TPSA) is 24.9 Å². The summed E-state index contributed by atoms with van der Waals surface area (Å²) in [6.07, 6.45) is 3.68. The van der Waals surface area contributed by atoms with Gasteiger partial charge in [0.05, 0.1) is 5.69 Å². The molecule has 3 aliphatic rings. The molecule has 2 aliphatic heterocycles. The van der Waals surface area contributed by atoms with Gasteiger partial charge in [0.25, 0.3) is 0 Å². The second-order valence-electron chi connectivity index (χ2n) is 7.98. The minimum atomic E-state index is 0.638. The highest BCUT2D eigenvalue weighted by Crippen LogP contribution is 2.42. The van der Waals surface area contributed by atoms with Crippen molar-refractivity contribution in [2.45, 2.75) is 25.2 Å². The fourth-order valence-electron chi connectivity index (χ4n) is 4.74. The van der Waals surface area contributed by atoms with E-state index in [1.165, 1.54) is 36.2 Å². The van der Waals surface area contributed by atoms with Gasteiger partial charge in [-0.2, -0.15) is 0 Å². The zero-order valence-corrected chi connectivity index (χ0v) is 17.0. The molecule has 0 radical (unpaired) electrons. The lowest BCUT2D eigenvalue weighted by molar-refractivity contribution is 0.171.